The van der Waals surface area contributed by atoms with E-state index in [0.717, 1.165) is 0 Å². The zero-order valence-corrected chi connectivity index (χ0v) is 13.4. The van der Waals surface area contributed by atoms with Crippen molar-refractivity contribution in [3.63, 3.8) is 0 Å². The Morgan fingerprint density at radius 1 is 1.25 bits per heavy atom. The minimum Gasteiger partial charge on any atom is -0.306 e. The summed E-state index contributed by atoms with van der Waals surface area (Å²) in [7, 11) is 1.69. The highest BCUT2D eigenvalue weighted by Gasteiger charge is 2.27. The van der Waals surface area contributed by atoms with Gasteiger partial charge in [-0.25, -0.2) is 0 Å². The summed E-state index contributed by atoms with van der Waals surface area (Å²) in [5, 5.41) is 26.6. The largest absolute Gasteiger partial charge is 0.306 e. The van der Waals surface area contributed by atoms with Crippen molar-refractivity contribution >= 4 is 17.3 Å². The lowest BCUT2D eigenvalue weighted by Crippen LogP contribution is -2.23. The molecule has 122 valence electrons. The normalized spacial score (nSPS) is 12.1. The molecule has 0 radical (unpaired) electrons. The molecule has 0 saturated carbocycles. The molecule has 9 heteroatoms. The van der Waals surface area contributed by atoms with Crippen LogP contribution in [-0.4, -0.2) is 32.2 Å². The summed E-state index contributed by atoms with van der Waals surface area (Å²) in [5.74, 6) is 0.425. The number of tetrazole rings is 1. The smallest absolute Gasteiger partial charge is 0.274 e. The predicted molar refractivity (Wildman–Crippen MR) is 88.2 cm³/mol. The van der Waals surface area contributed by atoms with E-state index in [-0.39, 0.29) is 5.69 Å². The molecule has 0 aliphatic heterocycles. The quantitative estimate of drug-likeness (QED) is 0.564. The minimum absolute atomic E-state index is 0.00232. The van der Waals surface area contributed by atoms with E-state index >= 15 is 0 Å². The van der Waals surface area contributed by atoms with Gasteiger partial charge < -0.3 is 5.32 Å². The zero-order chi connectivity index (χ0) is 17.1. The number of benzene rings is 2. The summed E-state index contributed by atoms with van der Waals surface area (Å²) in [6.07, 6.45) is 0. The van der Waals surface area contributed by atoms with Gasteiger partial charge in [0.05, 0.1) is 16.2 Å². The first-order chi connectivity index (χ1) is 11.6. The van der Waals surface area contributed by atoms with Gasteiger partial charge in [0.2, 0.25) is 0 Å². The number of aromatic nitrogens is 4. The van der Waals surface area contributed by atoms with E-state index in [9.17, 15) is 10.1 Å². The molecule has 0 fully saturated rings. The van der Waals surface area contributed by atoms with Crippen LogP contribution in [0.15, 0.2) is 48.5 Å². The molecule has 1 N–H and O–H groups in total. The molecule has 0 saturated heterocycles. The van der Waals surface area contributed by atoms with Crippen molar-refractivity contribution in [3.8, 4) is 5.69 Å². The van der Waals surface area contributed by atoms with E-state index in [1.165, 1.54) is 10.7 Å². The molecule has 0 unspecified atom stereocenters. The number of nitro benzene ring substituents is 1. The lowest BCUT2D eigenvalue weighted by Gasteiger charge is -2.16. The first-order valence-electron chi connectivity index (χ1n) is 7.06. The lowest BCUT2D eigenvalue weighted by atomic mass is 10.0. The highest BCUT2D eigenvalue weighted by Crippen LogP contribution is 2.29. The summed E-state index contributed by atoms with van der Waals surface area (Å²) >= 11 is 6.02. The van der Waals surface area contributed by atoms with E-state index in [1.807, 2.05) is 0 Å². The molecule has 8 nitrogen and oxygen atoms in total. The SMILES string of the molecule is CN[C@@H](c1ccccc1[N+](=O)[O-])c1nnnn1-c1cccc(Cl)c1. The molecule has 0 aliphatic carbocycles. The molecule has 24 heavy (non-hydrogen) atoms. The Kier molecular flexibility index (Phi) is 4.50. The average molecular weight is 345 g/mol. The molecule has 0 bridgehead atoms. The second-order valence-electron chi connectivity index (χ2n) is 4.97. The van der Waals surface area contributed by atoms with Crippen molar-refractivity contribution in [2.45, 2.75) is 6.04 Å². The summed E-state index contributed by atoms with van der Waals surface area (Å²) < 4.78 is 1.50. The van der Waals surface area contributed by atoms with Gasteiger partial charge in [-0.2, -0.15) is 4.68 Å². The third-order valence-electron chi connectivity index (χ3n) is 3.54. The number of nitrogens with zero attached hydrogens (tertiary/aromatic N) is 5. The fraction of sp³-hybridized carbons (Fsp3) is 0.133. The van der Waals surface area contributed by atoms with Crippen LogP contribution in [0.4, 0.5) is 5.69 Å². The Bertz CT molecular complexity index is 882. The Morgan fingerprint density at radius 2 is 2.04 bits per heavy atom. The third-order valence-corrected chi connectivity index (χ3v) is 3.77. The van der Waals surface area contributed by atoms with E-state index in [2.05, 4.69) is 20.8 Å². The highest BCUT2D eigenvalue weighted by atomic mass is 35.5. The Morgan fingerprint density at radius 3 is 2.75 bits per heavy atom. The molecule has 0 spiro atoms. The number of hydrogen-bond acceptors (Lipinski definition) is 6. The van der Waals surface area contributed by atoms with Gasteiger partial charge in [0.1, 0.15) is 6.04 Å². The van der Waals surface area contributed by atoms with Crippen LogP contribution in [0.3, 0.4) is 0 Å². The van der Waals surface area contributed by atoms with Crippen LogP contribution in [0.5, 0.6) is 0 Å². The van der Waals surface area contributed by atoms with Crippen LogP contribution in [0.2, 0.25) is 5.02 Å². The maximum atomic E-state index is 11.3. The van der Waals surface area contributed by atoms with Crippen molar-refractivity contribution in [1.29, 1.82) is 0 Å². The standard InChI is InChI=1S/C15H13ClN6O2/c1-17-14(12-7-2-3-8-13(12)22(23)24)15-18-19-20-21(15)11-6-4-5-10(16)9-11/h2-9,14,17H,1H3/t14-/m0/s1. The number of nitro groups is 1. The number of para-hydroxylation sites is 1. The topological polar surface area (TPSA) is 98.8 Å². The molecule has 0 aliphatic rings. The van der Waals surface area contributed by atoms with Crippen LogP contribution in [-0.2, 0) is 0 Å². The maximum Gasteiger partial charge on any atom is 0.274 e. The summed E-state index contributed by atoms with van der Waals surface area (Å²) in [6.45, 7) is 0. The molecule has 1 heterocycles. The summed E-state index contributed by atoms with van der Waals surface area (Å²) in [5.41, 5.74) is 1.14. The fourth-order valence-corrected chi connectivity index (χ4v) is 2.67. The molecular formula is C15H13ClN6O2. The van der Waals surface area contributed by atoms with Gasteiger partial charge in [-0.15, -0.1) is 5.10 Å². The van der Waals surface area contributed by atoms with Gasteiger partial charge in [-0.1, -0.05) is 35.9 Å². The predicted octanol–water partition coefficient (Wildman–Crippen LogP) is 2.53. The van der Waals surface area contributed by atoms with Crippen LogP contribution in [0.25, 0.3) is 5.69 Å². The van der Waals surface area contributed by atoms with Gasteiger partial charge in [-0.05, 0) is 35.7 Å². The maximum absolute atomic E-state index is 11.3. The lowest BCUT2D eigenvalue weighted by molar-refractivity contribution is -0.385. The van der Waals surface area contributed by atoms with E-state index in [4.69, 9.17) is 11.6 Å². The van der Waals surface area contributed by atoms with E-state index in [0.29, 0.717) is 22.1 Å². The van der Waals surface area contributed by atoms with Gasteiger partial charge >= 0.3 is 0 Å². The van der Waals surface area contributed by atoms with Crippen LogP contribution >= 0.6 is 11.6 Å². The highest BCUT2D eigenvalue weighted by molar-refractivity contribution is 6.30. The Balaban J connectivity index is 2.12. The molecule has 0 amide bonds. The first-order valence-corrected chi connectivity index (χ1v) is 7.44. The van der Waals surface area contributed by atoms with Gasteiger partial charge in [0.15, 0.2) is 5.82 Å². The second-order valence-corrected chi connectivity index (χ2v) is 5.40. The molecule has 2 aromatic carbocycles. The molecule has 1 atom stereocenters. The number of hydrogen-bond donors (Lipinski definition) is 1. The van der Waals surface area contributed by atoms with Crippen molar-refractivity contribution in [1.82, 2.24) is 25.5 Å². The molecule has 1 aromatic heterocycles. The molecule has 3 aromatic rings. The fourth-order valence-electron chi connectivity index (χ4n) is 2.49. The van der Waals surface area contributed by atoms with Crippen LogP contribution in [0.1, 0.15) is 17.4 Å². The van der Waals surface area contributed by atoms with Crippen molar-refractivity contribution < 1.29 is 4.92 Å². The van der Waals surface area contributed by atoms with Gasteiger partial charge in [0, 0.05) is 11.1 Å². The van der Waals surface area contributed by atoms with Gasteiger partial charge in [-0.3, -0.25) is 10.1 Å². The molecular weight excluding hydrogens is 332 g/mol. The van der Waals surface area contributed by atoms with Crippen molar-refractivity contribution in [2.24, 2.45) is 0 Å². The average Bonchev–Trinajstić information content (AvgIpc) is 3.05. The van der Waals surface area contributed by atoms with Crippen molar-refractivity contribution in [3.05, 3.63) is 75.1 Å². The van der Waals surface area contributed by atoms with Crippen LogP contribution in [0, 0.1) is 10.1 Å². The number of rotatable bonds is 5. The zero-order valence-electron chi connectivity index (χ0n) is 12.6. The Hall–Kier alpha value is -2.84. The van der Waals surface area contributed by atoms with E-state index in [1.54, 1.807) is 49.5 Å². The number of halogens is 1. The second kappa shape index (κ2) is 6.73. The van der Waals surface area contributed by atoms with Crippen molar-refractivity contribution in [2.75, 3.05) is 7.05 Å². The van der Waals surface area contributed by atoms with Gasteiger partial charge in [0.25, 0.3) is 5.69 Å². The summed E-state index contributed by atoms with van der Waals surface area (Å²) in [4.78, 5) is 10.9. The Labute approximate surface area is 142 Å². The summed E-state index contributed by atoms with van der Waals surface area (Å²) in [6, 6.07) is 13.0. The number of nitrogens with one attached hydrogen (secondary N) is 1. The third kappa shape index (κ3) is 2.97. The molecule has 3 rings (SSSR count). The first kappa shape index (κ1) is 16.0. The minimum atomic E-state index is -0.555. The van der Waals surface area contributed by atoms with E-state index < -0.39 is 11.0 Å². The monoisotopic (exact) mass is 344 g/mol. The van der Waals surface area contributed by atoms with Crippen LogP contribution < -0.4 is 5.32 Å².